The molecule has 2 rings (SSSR count). The normalized spacial score (nSPS) is 14.9. The first kappa shape index (κ1) is 27.4. The molecule has 8 heteroatoms. The highest BCUT2D eigenvalue weighted by Gasteiger charge is 2.28. The van der Waals surface area contributed by atoms with E-state index in [4.69, 9.17) is 18.1 Å². The van der Waals surface area contributed by atoms with Gasteiger partial charge < -0.3 is 18.1 Å². The maximum Gasteiger partial charge on any atom is 0.376 e. The fourth-order valence-corrected chi connectivity index (χ4v) is 5.65. The molecule has 2 aromatic rings. The molecular weight excluding hydrogens is 458 g/mol. The molecule has 0 radical (unpaired) electrons. The van der Waals surface area contributed by atoms with Gasteiger partial charge >= 0.3 is 15.2 Å². The van der Waals surface area contributed by atoms with E-state index in [-0.39, 0.29) is 13.2 Å². The van der Waals surface area contributed by atoms with Crippen LogP contribution in [0.5, 0.6) is 11.5 Å². The van der Waals surface area contributed by atoms with E-state index in [0.717, 1.165) is 40.7 Å². The molecule has 33 heavy (non-hydrogen) atoms. The summed E-state index contributed by atoms with van der Waals surface area (Å²) in [7, 11) is -6.83. The Morgan fingerprint density at radius 3 is 1.85 bits per heavy atom. The lowest BCUT2D eigenvalue weighted by molar-refractivity contribution is 0.282. The van der Waals surface area contributed by atoms with Crippen molar-refractivity contribution in [3.8, 4) is 22.6 Å². The maximum atomic E-state index is 13.0. The van der Waals surface area contributed by atoms with Crippen LogP contribution in [0.25, 0.3) is 16.7 Å². The fourth-order valence-electron chi connectivity index (χ4n) is 3.60. The Morgan fingerprint density at radius 1 is 0.909 bits per heavy atom. The molecule has 0 bridgehead atoms. The molecule has 0 heterocycles. The molecule has 0 aliphatic heterocycles. The largest absolute Gasteiger partial charge is 0.424 e. The summed E-state index contributed by atoms with van der Waals surface area (Å²) in [5.41, 5.74) is 4.96. The number of hydrogen-bond donors (Lipinski definition) is 0. The summed E-state index contributed by atoms with van der Waals surface area (Å²) >= 11 is 0. The zero-order chi connectivity index (χ0) is 24.8. The Bertz CT molecular complexity index is 1040. The van der Waals surface area contributed by atoms with Crippen molar-refractivity contribution < 1.29 is 27.2 Å². The molecule has 0 saturated heterocycles. The van der Waals surface area contributed by atoms with Crippen LogP contribution in [0.3, 0.4) is 0 Å². The summed E-state index contributed by atoms with van der Waals surface area (Å²) in [6.07, 6.45) is 1.61. The van der Waals surface area contributed by atoms with E-state index in [0.29, 0.717) is 17.1 Å². The molecule has 0 spiro atoms. The number of rotatable bonds is 12. The van der Waals surface area contributed by atoms with Crippen LogP contribution < -0.4 is 9.05 Å². The van der Waals surface area contributed by atoms with Crippen LogP contribution in [0.15, 0.2) is 36.9 Å². The number of aryl methyl sites for hydroxylation is 2. The van der Waals surface area contributed by atoms with Gasteiger partial charge in [-0.05, 0) is 62.9 Å². The first-order valence-electron chi connectivity index (χ1n) is 11.2. The summed E-state index contributed by atoms with van der Waals surface area (Å²) in [4.78, 5) is 0. The highest BCUT2D eigenvalue weighted by molar-refractivity contribution is 7.53. The lowest BCUT2D eigenvalue weighted by atomic mass is 9.92. The van der Waals surface area contributed by atoms with Crippen molar-refractivity contribution in [1.82, 2.24) is 0 Å². The van der Waals surface area contributed by atoms with Gasteiger partial charge in [-0.2, -0.15) is 0 Å². The Kier molecular flexibility index (Phi) is 9.58. The zero-order valence-electron chi connectivity index (χ0n) is 20.8. The van der Waals surface area contributed by atoms with Gasteiger partial charge in [0.15, 0.2) is 0 Å². The minimum Gasteiger partial charge on any atom is -0.424 e. The average Bonchev–Trinajstić information content (AvgIpc) is 2.67. The number of allylic oxidation sites excluding steroid dienone is 1. The molecule has 0 amide bonds. The molecule has 2 atom stereocenters. The van der Waals surface area contributed by atoms with Crippen molar-refractivity contribution in [1.29, 1.82) is 0 Å². The van der Waals surface area contributed by atoms with Gasteiger partial charge in [0.1, 0.15) is 11.5 Å². The topological polar surface area (TPSA) is 71.1 Å². The third kappa shape index (κ3) is 7.58. The summed E-state index contributed by atoms with van der Waals surface area (Å²) in [5.74, 6) is 0.694. The summed E-state index contributed by atoms with van der Waals surface area (Å²) in [5, 5.41) is 0. The second-order valence-corrected chi connectivity index (χ2v) is 12.1. The maximum absolute atomic E-state index is 13.0. The molecule has 0 saturated carbocycles. The molecule has 0 N–H and O–H groups in total. The SMILES string of the molecule is C=C(C)c1ccc(C)cc1-c1c(OP(C)(=O)OCC)cc(CCC)cc1OP(C)(=O)OCC. The van der Waals surface area contributed by atoms with Crippen molar-refractivity contribution in [2.75, 3.05) is 26.5 Å². The molecular formula is C25H36O6P2. The highest BCUT2D eigenvalue weighted by atomic mass is 31.2. The van der Waals surface area contributed by atoms with Gasteiger partial charge in [-0.3, -0.25) is 0 Å². The van der Waals surface area contributed by atoms with Gasteiger partial charge in [0.05, 0.1) is 18.8 Å². The minimum absolute atomic E-state index is 0.247. The van der Waals surface area contributed by atoms with E-state index in [1.54, 1.807) is 13.8 Å². The Balaban J connectivity index is 2.90. The molecule has 0 aromatic heterocycles. The second-order valence-electron chi connectivity index (χ2n) is 8.11. The van der Waals surface area contributed by atoms with Crippen LogP contribution in [0.1, 0.15) is 50.8 Å². The minimum atomic E-state index is -3.41. The van der Waals surface area contributed by atoms with E-state index in [2.05, 4.69) is 13.5 Å². The quantitative estimate of drug-likeness (QED) is 0.278. The van der Waals surface area contributed by atoms with Crippen molar-refractivity contribution in [2.45, 2.75) is 47.5 Å². The third-order valence-corrected chi connectivity index (χ3v) is 7.34. The summed E-state index contributed by atoms with van der Waals surface area (Å²) in [6.45, 7) is 17.0. The van der Waals surface area contributed by atoms with Gasteiger partial charge in [0, 0.05) is 13.3 Å². The van der Waals surface area contributed by atoms with Crippen LogP contribution in [0, 0.1) is 6.92 Å². The molecule has 0 aliphatic carbocycles. The van der Waals surface area contributed by atoms with Gasteiger partial charge in [-0.15, -0.1) is 0 Å². The van der Waals surface area contributed by atoms with Crippen molar-refractivity contribution in [2.24, 2.45) is 0 Å². The smallest absolute Gasteiger partial charge is 0.376 e. The predicted octanol–water partition coefficient (Wildman–Crippen LogP) is 8.12. The van der Waals surface area contributed by atoms with Crippen molar-refractivity contribution >= 4 is 20.8 Å². The monoisotopic (exact) mass is 494 g/mol. The summed E-state index contributed by atoms with van der Waals surface area (Å²) in [6, 6.07) is 9.67. The molecule has 0 fully saturated rings. The first-order valence-corrected chi connectivity index (χ1v) is 15.2. The van der Waals surface area contributed by atoms with Gasteiger partial charge in [0.25, 0.3) is 0 Å². The van der Waals surface area contributed by atoms with E-state index in [9.17, 15) is 9.13 Å². The van der Waals surface area contributed by atoms with E-state index >= 15 is 0 Å². The molecule has 0 aliphatic rings. The van der Waals surface area contributed by atoms with E-state index < -0.39 is 15.2 Å². The third-order valence-electron chi connectivity index (χ3n) is 4.82. The number of hydrogen-bond acceptors (Lipinski definition) is 6. The standard InChI is InChI=1S/C25H36O6P2/c1-9-12-20-16-23(30-32(7,26)28-10-2)25(24(17-20)31-33(8,27)29-11-3)22-15-19(6)13-14-21(22)18(4)5/h13-17H,4,9-12H2,1-3,5-8H3. The lowest BCUT2D eigenvalue weighted by Crippen LogP contribution is -2.03. The van der Waals surface area contributed by atoms with Crippen LogP contribution in [0.2, 0.25) is 0 Å². The van der Waals surface area contributed by atoms with Gasteiger partial charge in [-0.1, -0.05) is 49.3 Å². The highest BCUT2D eigenvalue weighted by Crippen LogP contribution is 2.54. The fraction of sp³-hybridized carbons (Fsp3) is 0.440. The predicted molar refractivity (Wildman–Crippen MR) is 137 cm³/mol. The van der Waals surface area contributed by atoms with Gasteiger partial charge in [-0.25, -0.2) is 9.13 Å². The average molecular weight is 495 g/mol. The Hall–Kier alpha value is -1.84. The summed E-state index contributed by atoms with van der Waals surface area (Å²) < 4.78 is 48.9. The van der Waals surface area contributed by atoms with Crippen LogP contribution >= 0.6 is 15.2 Å². The van der Waals surface area contributed by atoms with Crippen LogP contribution in [0.4, 0.5) is 0 Å². The number of benzene rings is 2. The van der Waals surface area contributed by atoms with Gasteiger partial charge in [0.2, 0.25) is 0 Å². The Morgan fingerprint density at radius 2 is 1.42 bits per heavy atom. The molecule has 6 nitrogen and oxygen atoms in total. The van der Waals surface area contributed by atoms with Crippen LogP contribution in [-0.4, -0.2) is 26.5 Å². The van der Waals surface area contributed by atoms with Crippen molar-refractivity contribution in [3.05, 3.63) is 53.6 Å². The zero-order valence-corrected chi connectivity index (χ0v) is 22.6. The second kappa shape index (κ2) is 11.5. The molecule has 2 unspecified atom stereocenters. The van der Waals surface area contributed by atoms with Crippen molar-refractivity contribution in [3.63, 3.8) is 0 Å². The first-order chi connectivity index (χ1) is 15.4. The molecule has 182 valence electrons. The Labute approximate surface area is 198 Å². The van der Waals surface area contributed by atoms with E-state index in [1.807, 2.05) is 44.2 Å². The van der Waals surface area contributed by atoms with Crippen LogP contribution in [-0.2, 0) is 24.6 Å². The lowest BCUT2D eigenvalue weighted by Gasteiger charge is -2.24. The van der Waals surface area contributed by atoms with E-state index in [1.165, 1.54) is 13.3 Å². The molecule has 2 aromatic carbocycles.